The summed E-state index contributed by atoms with van der Waals surface area (Å²) in [6.07, 6.45) is 0.631. The van der Waals surface area contributed by atoms with Gasteiger partial charge < -0.3 is 14.9 Å². The first-order chi connectivity index (χ1) is 12.1. The van der Waals surface area contributed by atoms with Crippen molar-refractivity contribution in [3.8, 4) is 0 Å². The standard InChI is InChI=1S/C18H20N2O6/c1-17(2,3)25-16(24)19-18(9-6-10-18)15(23)26-20-13(21)11-7-4-5-8-12(11)14(20)22/h4-5,7-8H,6,9-10H2,1-3H3,(H,19,24). The smallest absolute Gasteiger partial charge is 0.408 e. The number of nitrogens with one attached hydrogen (secondary N) is 1. The summed E-state index contributed by atoms with van der Waals surface area (Å²) in [7, 11) is 0. The molecule has 1 aromatic rings. The van der Waals surface area contributed by atoms with Crippen LogP contribution in [0.15, 0.2) is 24.3 Å². The molecule has 138 valence electrons. The van der Waals surface area contributed by atoms with E-state index in [9.17, 15) is 19.2 Å². The van der Waals surface area contributed by atoms with Crippen LogP contribution in [-0.4, -0.2) is 40.1 Å². The Morgan fingerprint density at radius 2 is 1.62 bits per heavy atom. The maximum Gasteiger partial charge on any atom is 0.408 e. The highest BCUT2D eigenvalue weighted by molar-refractivity contribution is 6.21. The summed E-state index contributed by atoms with van der Waals surface area (Å²) in [6.45, 7) is 5.12. The Kier molecular flexibility index (Phi) is 4.21. The van der Waals surface area contributed by atoms with Crippen molar-refractivity contribution in [1.82, 2.24) is 10.4 Å². The van der Waals surface area contributed by atoms with E-state index in [0.717, 1.165) is 0 Å². The zero-order chi connectivity index (χ0) is 19.1. The Morgan fingerprint density at radius 1 is 1.08 bits per heavy atom. The van der Waals surface area contributed by atoms with Gasteiger partial charge in [-0.15, -0.1) is 0 Å². The highest BCUT2D eigenvalue weighted by atomic mass is 16.7. The summed E-state index contributed by atoms with van der Waals surface area (Å²) < 4.78 is 5.18. The van der Waals surface area contributed by atoms with Crippen molar-refractivity contribution < 1.29 is 28.8 Å². The molecule has 1 saturated carbocycles. The lowest BCUT2D eigenvalue weighted by Gasteiger charge is -2.39. The van der Waals surface area contributed by atoms with Gasteiger partial charge in [0.2, 0.25) is 0 Å². The zero-order valence-electron chi connectivity index (χ0n) is 14.8. The summed E-state index contributed by atoms with van der Waals surface area (Å²) in [5, 5.41) is 2.97. The van der Waals surface area contributed by atoms with Crippen LogP contribution in [0, 0.1) is 0 Å². The summed E-state index contributed by atoms with van der Waals surface area (Å²) >= 11 is 0. The lowest BCUT2D eigenvalue weighted by molar-refractivity contribution is -0.180. The van der Waals surface area contributed by atoms with Gasteiger partial charge in [0.25, 0.3) is 11.8 Å². The number of carbonyl (C=O) groups is 4. The molecule has 3 rings (SSSR count). The number of hydrogen-bond donors (Lipinski definition) is 1. The number of nitrogens with zero attached hydrogens (tertiary/aromatic N) is 1. The van der Waals surface area contributed by atoms with Gasteiger partial charge in [0.05, 0.1) is 11.1 Å². The highest BCUT2D eigenvalue weighted by Crippen LogP contribution is 2.34. The molecule has 0 bridgehead atoms. The lowest BCUT2D eigenvalue weighted by Crippen LogP contribution is -2.61. The quantitative estimate of drug-likeness (QED) is 0.829. The number of alkyl carbamates (subject to hydrolysis) is 1. The monoisotopic (exact) mass is 360 g/mol. The van der Waals surface area contributed by atoms with Crippen LogP contribution in [0.5, 0.6) is 0 Å². The maximum absolute atomic E-state index is 12.6. The zero-order valence-corrected chi connectivity index (χ0v) is 14.8. The number of imide groups is 1. The van der Waals surface area contributed by atoms with Gasteiger partial charge in [0.15, 0.2) is 0 Å². The molecule has 1 heterocycles. The fraction of sp³-hybridized carbons (Fsp3) is 0.444. The first kappa shape index (κ1) is 17.9. The molecule has 8 nitrogen and oxygen atoms in total. The minimum Gasteiger partial charge on any atom is -0.444 e. The molecule has 1 fully saturated rings. The second-order valence-corrected chi connectivity index (χ2v) is 7.39. The van der Waals surface area contributed by atoms with Crippen LogP contribution < -0.4 is 5.32 Å². The molecule has 3 amide bonds. The summed E-state index contributed by atoms with van der Waals surface area (Å²) in [6, 6.07) is 6.21. The number of amides is 3. The number of benzene rings is 1. The molecule has 1 aliphatic heterocycles. The molecule has 1 aliphatic carbocycles. The molecular weight excluding hydrogens is 340 g/mol. The molecule has 1 N–H and O–H groups in total. The van der Waals surface area contributed by atoms with E-state index in [1.807, 2.05) is 0 Å². The second kappa shape index (κ2) is 6.12. The van der Waals surface area contributed by atoms with E-state index < -0.39 is 35.0 Å². The molecule has 8 heteroatoms. The molecule has 0 radical (unpaired) electrons. The van der Waals surface area contributed by atoms with Gasteiger partial charge in [-0.1, -0.05) is 17.2 Å². The van der Waals surface area contributed by atoms with Crippen LogP contribution in [0.3, 0.4) is 0 Å². The van der Waals surface area contributed by atoms with Crippen molar-refractivity contribution in [1.29, 1.82) is 0 Å². The summed E-state index contributed by atoms with van der Waals surface area (Å²) in [5.41, 5.74) is -1.67. The molecule has 0 unspecified atom stereocenters. The van der Waals surface area contributed by atoms with Crippen molar-refractivity contribution in [2.24, 2.45) is 0 Å². The van der Waals surface area contributed by atoms with Crippen LogP contribution in [0.2, 0.25) is 0 Å². The van der Waals surface area contributed by atoms with E-state index in [1.54, 1.807) is 32.9 Å². The lowest BCUT2D eigenvalue weighted by atomic mass is 9.77. The first-order valence-electron chi connectivity index (χ1n) is 8.34. The van der Waals surface area contributed by atoms with Crippen LogP contribution in [0.25, 0.3) is 0 Å². The third kappa shape index (κ3) is 3.14. The molecule has 2 aliphatic rings. The topological polar surface area (TPSA) is 102 Å². The normalized spacial score (nSPS) is 18.0. The molecule has 0 atom stereocenters. The average molecular weight is 360 g/mol. The third-order valence-electron chi connectivity index (χ3n) is 4.27. The second-order valence-electron chi connectivity index (χ2n) is 7.39. The fourth-order valence-electron chi connectivity index (χ4n) is 2.83. The van der Waals surface area contributed by atoms with Crippen LogP contribution in [0.1, 0.15) is 60.7 Å². The van der Waals surface area contributed by atoms with Gasteiger partial charge in [-0.05, 0) is 52.2 Å². The SMILES string of the molecule is CC(C)(C)OC(=O)NC1(C(=O)ON2C(=O)c3ccccc3C2=O)CCC1. The van der Waals surface area contributed by atoms with Gasteiger partial charge in [-0.3, -0.25) is 9.59 Å². The number of ether oxygens (including phenoxy) is 1. The van der Waals surface area contributed by atoms with Gasteiger partial charge in [0.1, 0.15) is 11.1 Å². The minimum atomic E-state index is -1.29. The summed E-state index contributed by atoms with van der Waals surface area (Å²) in [4.78, 5) is 54.3. The number of hydroxylamine groups is 2. The summed E-state index contributed by atoms with van der Waals surface area (Å²) in [5.74, 6) is -2.26. The van der Waals surface area contributed by atoms with E-state index >= 15 is 0 Å². The van der Waals surface area contributed by atoms with Gasteiger partial charge in [0, 0.05) is 0 Å². The average Bonchev–Trinajstić information content (AvgIpc) is 2.75. The van der Waals surface area contributed by atoms with Gasteiger partial charge >= 0.3 is 12.1 Å². The van der Waals surface area contributed by atoms with E-state index in [-0.39, 0.29) is 11.1 Å². The van der Waals surface area contributed by atoms with Crippen LogP contribution in [-0.2, 0) is 14.4 Å². The Morgan fingerprint density at radius 3 is 2.04 bits per heavy atom. The largest absolute Gasteiger partial charge is 0.444 e. The maximum atomic E-state index is 12.6. The van der Waals surface area contributed by atoms with Crippen LogP contribution >= 0.6 is 0 Å². The van der Waals surface area contributed by atoms with Gasteiger partial charge in [-0.25, -0.2) is 9.59 Å². The molecule has 1 aromatic carbocycles. The van der Waals surface area contributed by atoms with Crippen molar-refractivity contribution in [3.63, 3.8) is 0 Å². The molecule has 0 spiro atoms. The molecule has 0 aromatic heterocycles. The van der Waals surface area contributed by atoms with E-state index in [0.29, 0.717) is 24.3 Å². The third-order valence-corrected chi connectivity index (χ3v) is 4.27. The first-order valence-corrected chi connectivity index (χ1v) is 8.34. The number of carbonyl (C=O) groups excluding carboxylic acids is 4. The number of hydrogen-bond acceptors (Lipinski definition) is 6. The Bertz CT molecular complexity index is 756. The van der Waals surface area contributed by atoms with Crippen LogP contribution in [0.4, 0.5) is 4.79 Å². The highest BCUT2D eigenvalue weighted by Gasteiger charge is 2.51. The predicted molar refractivity (Wildman–Crippen MR) is 89.0 cm³/mol. The van der Waals surface area contributed by atoms with E-state index in [1.165, 1.54) is 12.1 Å². The van der Waals surface area contributed by atoms with E-state index in [4.69, 9.17) is 9.57 Å². The van der Waals surface area contributed by atoms with Gasteiger partial charge in [-0.2, -0.15) is 0 Å². The number of rotatable bonds is 3. The molecule has 0 saturated heterocycles. The fourth-order valence-corrected chi connectivity index (χ4v) is 2.83. The van der Waals surface area contributed by atoms with Crippen molar-refractivity contribution in [2.75, 3.05) is 0 Å². The molecule has 26 heavy (non-hydrogen) atoms. The molecular formula is C18H20N2O6. The van der Waals surface area contributed by atoms with Crippen molar-refractivity contribution in [2.45, 2.75) is 51.2 Å². The van der Waals surface area contributed by atoms with Crippen molar-refractivity contribution >= 4 is 23.9 Å². The predicted octanol–water partition coefficient (Wildman–Crippen LogP) is 2.19. The Balaban J connectivity index is 1.72. The van der Waals surface area contributed by atoms with E-state index in [2.05, 4.69) is 5.32 Å². The Labute approximate surface area is 150 Å². The van der Waals surface area contributed by atoms with Crippen molar-refractivity contribution in [3.05, 3.63) is 35.4 Å². The Hall–Kier alpha value is -2.90. The minimum absolute atomic E-state index is 0.174. The number of fused-ring (bicyclic) bond motifs is 1.